The molecule has 4 N–H and O–H groups in total. The second kappa shape index (κ2) is 12.5. The molecule has 182 valence electrons. The molecule has 1 aliphatic heterocycles. The first-order valence-electron chi connectivity index (χ1n) is 11.1. The van der Waals surface area contributed by atoms with Crippen molar-refractivity contribution < 1.29 is 19.7 Å². The van der Waals surface area contributed by atoms with E-state index in [0.717, 1.165) is 40.8 Å². The molecule has 0 atom stereocenters. The minimum Gasteiger partial charge on any atom is -0.507 e. The van der Waals surface area contributed by atoms with Gasteiger partial charge in [-0.2, -0.15) is 0 Å². The third-order valence-corrected chi connectivity index (χ3v) is 5.42. The summed E-state index contributed by atoms with van der Waals surface area (Å²) in [5, 5.41) is 19.8. The predicted molar refractivity (Wildman–Crippen MR) is 142 cm³/mol. The molecule has 2 aromatic rings. The van der Waals surface area contributed by atoms with Crippen molar-refractivity contribution in [3.63, 3.8) is 0 Å². The zero-order valence-corrected chi connectivity index (χ0v) is 21.8. The highest BCUT2D eigenvalue weighted by Crippen LogP contribution is 2.42. The fourth-order valence-electron chi connectivity index (χ4n) is 3.42. The monoisotopic (exact) mass is 473 g/mol. The Labute approximate surface area is 204 Å². The van der Waals surface area contributed by atoms with Crippen LogP contribution in [0.4, 0.5) is 0 Å². The van der Waals surface area contributed by atoms with E-state index in [1.807, 2.05) is 34.6 Å². The summed E-state index contributed by atoms with van der Waals surface area (Å²) in [4.78, 5) is 0. The van der Waals surface area contributed by atoms with Crippen molar-refractivity contribution in [3.05, 3.63) is 63.7 Å². The summed E-state index contributed by atoms with van der Waals surface area (Å²) >= 11 is 3.96. The number of allylic oxidation sites excluding steroid dienone is 1. The van der Waals surface area contributed by atoms with Gasteiger partial charge in [-0.1, -0.05) is 12.1 Å². The Bertz CT molecular complexity index is 992. The van der Waals surface area contributed by atoms with Crippen LogP contribution >= 0.6 is 12.6 Å². The number of phenolic OH excluding ortho intramolecular Hbond substituents is 2. The Morgan fingerprint density at radius 2 is 1.82 bits per heavy atom. The van der Waals surface area contributed by atoms with Gasteiger partial charge < -0.3 is 25.4 Å². The van der Waals surface area contributed by atoms with E-state index < -0.39 is 0 Å². The molecule has 6 heteroatoms. The van der Waals surface area contributed by atoms with E-state index in [9.17, 15) is 10.2 Å². The lowest BCUT2D eigenvalue weighted by Gasteiger charge is -2.35. The van der Waals surface area contributed by atoms with Crippen LogP contribution in [-0.4, -0.2) is 22.4 Å². The highest BCUT2D eigenvalue weighted by atomic mass is 32.1. The Balaban J connectivity index is 0.000000298. The van der Waals surface area contributed by atoms with Gasteiger partial charge >= 0.3 is 0 Å². The van der Waals surface area contributed by atoms with Crippen LogP contribution in [0.15, 0.2) is 35.9 Å². The molecule has 5 nitrogen and oxygen atoms in total. The molecule has 1 heterocycles. The van der Waals surface area contributed by atoms with Gasteiger partial charge in [0.05, 0.1) is 11.6 Å². The van der Waals surface area contributed by atoms with Crippen LogP contribution in [0.2, 0.25) is 0 Å². The van der Waals surface area contributed by atoms with E-state index in [1.165, 1.54) is 5.56 Å². The fourth-order valence-corrected chi connectivity index (χ4v) is 3.57. The molecule has 33 heavy (non-hydrogen) atoms. The SMILES string of the molecule is C=CC.CCOc1cc(/C=C(/N)S)ccc1O.Cc1c(C)c2c(c(C)c1O)CCC(C)(C)O2. The first kappa shape index (κ1) is 28.3. The van der Waals surface area contributed by atoms with Gasteiger partial charge in [0.2, 0.25) is 0 Å². The zero-order valence-electron chi connectivity index (χ0n) is 21.0. The van der Waals surface area contributed by atoms with Crippen molar-refractivity contribution in [1.82, 2.24) is 0 Å². The number of aromatic hydroxyl groups is 2. The minimum absolute atomic E-state index is 0.0897. The molecule has 0 radical (unpaired) electrons. The number of ether oxygens (including phenoxy) is 2. The summed E-state index contributed by atoms with van der Waals surface area (Å²) in [6.07, 6.45) is 5.43. The van der Waals surface area contributed by atoms with Gasteiger partial charge in [0.25, 0.3) is 0 Å². The van der Waals surface area contributed by atoms with Crippen molar-refractivity contribution >= 4 is 18.7 Å². The summed E-state index contributed by atoms with van der Waals surface area (Å²) in [6.45, 7) is 17.8. The number of phenols is 2. The van der Waals surface area contributed by atoms with Gasteiger partial charge in [0.15, 0.2) is 11.5 Å². The van der Waals surface area contributed by atoms with Crippen LogP contribution in [-0.2, 0) is 6.42 Å². The predicted octanol–water partition coefficient (Wildman–Crippen LogP) is 6.59. The van der Waals surface area contributed by atoms with Crippen LogP contribution in [0.3, 0.4) is 0 Å². The molecule has 0 amide bonds. The molecule has 1 aliphatic rings. The molecule has 0 saturated heterocycles. The molecule has 3 rings (SSSR count). The van der Waals surface area contributed by atoms with Crippen molar-refractivity contribution in [2.75, 3.05) is 6.61 Å². The largest absolute Gasteiger partial charge is 0.507 e. The standard InChI is InChI=1S/C14H20O2.C10H13NO2S.C3H6/c1-8-9(2)13-11(10(3)12(8)15)6-7-14(4,5)16-13;1-2-13-9-5-7(6-10(11)14)3-4-8(9)12;1-3-2/h15H,6-7H2,1-5H3;3-6,12,14H,2,11H2,1H3;3H,1H2,2H3/b;10-6-;. The van der Waals surface area contributed by atoms with E-state index in [-0.39, 0.29) is 11.4 Å². The van der Waals surface area contributed by atoms with E-state index >= 15 is 0 Å². The molecular weight excluding hydrogens is 434 g/mol. The maximum absolute atomic E-state index is 10.0. The lowest BCUT2D eigenvalue weighted by atomic mass is 9.88. The Morgan fingerprint density at radius 3 is 2.36 bits per heavy atom. The second-order valence-electron chi connectivity index (χ2n) is 8.53. The van der Waals surface area contributed by atoms with Gasteiger partial charge in [-0.25, -0.2) is 0 Å². The summed E-state index contributed by atoms with van der Waals surface area (Å²) < 4.78 is 11.3. The molecule has 0 fully saturated rings. The van der Waals surface area contributed by atoms with Gasteiger partial charge in [-0.3, -0.25) is 0 Å². The molecule has 0 saturated carbocycles. The van der Waals surface area contributed by atoms with Crippen LogP contribution in [0.1, 0.15) is 61.9 Å². The van der Waals surface area contributed by atoms with Crippen molar-refractivity contribution in [3.8, 4) is 23.0 Å². The Kier molecular flexibility index (Phi) is 10.7. The lowest BCUT2D eigenvalue weighted by molar-refractivity contribution is 0.0831. The van der Waals surface area contributed by atoms with Gasteiger partial charge in [-0.05, 0) is 102 Å². The van der Waals surface area contributed by atoms with Crippen LogP contribution < -0.4 is 15.2 Å². The highest BCUT2D eigenvalue weighted by Gasteiger charge is 2.30. The molecule has 0 aromatic heterocycles. The second-order valence-corrected chi connectivity index (χ2v) is 9.05. The number of benzene rings is 2. The Morgan fingerprint density at radius 1 is 1.21 bits per heavy atom. The van der Waals surface area contributed by atoms with Crippen molar-refractivity contribution in [2.45, 2.75) is 66.9 Å². The quantitative estimate of drug-likeness (QED) is 0.298. The van der Waals surface area contributed by atoms with Gasteiger partial charge in [0, 0.05) is 5.56 Å². The summed E-state index contributed by atoms with van der Waals surface area (Å²) in [6, 6.07) is 5.01. The summed E-state index contributed by atoms with van der Waals surface area (Å²) in [5.41, 5.74) is 10.3. The number of nitrogens with two attached hydrogens (primary N) is 1. The number of thiol groups is 1. The van der Waals surface area contributed by atoms with Crippen molar-refractivity contribution in [1.29, 1.82) is 0 Å². The van der Waals surface area contributed by atoms with E-state index in [0.29, 0.717) is 23.1 Å². The van der Waals surface area contributed by atoms with Crippen LogP contribution in [0.5, 0.6) is 23.0 Å². The molecule has 0 aliphatic carbocycles. The smallest absolute Gasteiger partial charge is 0.161 e. The third kappa shape index (κ3) is 7.97. The van der Waals surface area contributed by atoms with Gasteiger partial charge in [-0.15, -0.1) is 19.2 Å². The van der Waals surface area contributed by atoms with Crippen LogP contribution in [0, 0.1) is 20.8 Å². The average Bonchev–Trinajstić information content (AvgIpc) is 2.73. The maximum atomic E-state index is 10.0. The van der Waals surface area contributed by atoms with E-state index in [1.54, 1.807) is 30.4 Å². The number of fused-ring (bicyclic) bond motifs is 1. The maximum Gasteiger partial charge on any atom is 0.161 e. The topological polar surface area (TPSA) is 84.9 Å². The Hall–Kier alpha value is -2.73. The number of rotatable bonds is 3. The van der Waals surface area contributed by atoms with E-state index in [2.05, 4.69) is 33.1 Å². The molecule has 0 spiro atoms. The average molecular weight is 474 g/mol. The van der Waals surface area contributed by atoms with E-state index in [4.69, 9.17) is 15.2 Å². The summed E-state index contributed by atoms with van der Waals surface area (Å²) in [5.74, 6) is 2.00. The summed E-state index contributed by atoms with van der Waals surface area (Å²) in [7, 11) is 0. The molecule has 2 aromatic carbocycles. The third-order valence-electron chi connectivity index (χ3n) is 5.29. The molecule has 0 bridgehead atoms. The normalized spacial score (nSPS) is 13.9. The van der Waals surface area contributed by atoms with Gasteiger partial charge in [0.1, 0.15) is 17.1 Å². The molecular formula is C27H39NO4S. The molecule has 0 unspecified atom stereocenters. The first-order valence-corrected chi connectivity index (χ1v) is 11.5. The van der Waals surface area contributed by atoms with Crippen molar-refractivity contribution in [2.24, 2.45) is 5.73 Å². The number of hydrogen-bond acceptors (Lipinski definition) is 6. The highest BCUT2D eigenvalue weighted by molar-refractivity contribution is 7.84. The minimum atomic E-state index is -0.0897. The zero-order chi connectivity index (χ0) is 25.3. The first-order chi connectivity index (χ1) is 15.4. The lowest BCUT2D eigenvalue weighted by Crippen LogP contribution is -2.33. The fraction of sp³-hybridized carbons (Fsp3) is 0.407. The van der Waals surface area contributed by atoms with Crippen LogP contribution in [0.25, 0.3) is 6.08 Å². The number of hydrogen-bond donors (Lipinski definition) is 4.